The number of aromatic nitrogens is 1. The lowest BCUT2D eigenvalue weighted by molar-refractivity contribution is 0.0734. The first-order valence-electron chi connectivity index (χ1n) is 9.74. The maximum absolute atomic E-state index is 12.3. The zero-order chi connectivity index (χ0) is 20.3. The van der Waals surface area contributed by atoms with Crippen molar-refractivity contribution in [3.8, 4) is 11.5 Å². The zero-order valence-corrected chi connectivity index (χ0v) is 16.5. The molecule has 0 saturated heterocycles. The third-order valence-corrected chi connectivity index (χ3v) is 4.21. The van der Waals surface area contributed by atoms with Crippen LogP contribution in [0.2, 0.25) is 0 Å². The van der Waals surface area contributed by atoms with Crippen LogP contribution in [0.15, 0.2) is 78.0 Å². The monoisotopic (exact) mass is 388 g/mol. The lowest BCUT2D eigenvalue weighted by Gasteiger charge is -2.07. The summed E-state index contributed by atoms with van der Waals surface area (Å²) in [6, 6.07) is 17.9. The third kappa shape index (κ3) is 6.57. The largest absolute Gasteiger partial charge is 0.494 e. The molecule has 2 aromatic carbocycles. The van der Waals surface area contributed by atoms with Crippen LogP contribution in [0.25, 0.3) is 0 Å². The summed E-state index contributed by atoms with van der Waals surface area (Å²) in [6.07, 6.45) is 8.47. The number of rotatable bonds is 9. The highest BCUT2D eigenvalue weighted by molar-refractivity contribution is 5.91. The molecule has 29 heavy (non-hydrogen) atoms. The Hall–Kier alpha value is -3.47. The summed E-state index contributed by atoms with van der Waals surface area (Å²) in [4.78, 5) is 20.7. The topological polar surface area (TPSA) is 60.8 Å². The van der Waals surface area contributed by atoms with E-state index in [2.05, 4.69) is 16.9 Å². The van der Waals surface area contributed by atoms with E-state index in [1.807, 2.05) is 24.3 Å². The van der Waals surface area contributed by atoms with Crippen LogP contribution in [-0.2, 0) is 0 Å². The molecule has 0 spiro atoms. The van der Waals surface area contributed by atoms with Crippen LogP contribution >= 0.6 is 0 Å². The summed E-state index contributed by atoms with van der Waals surface area (Å²) in [5, 5.41) is 0. The van der Waals surface area contributed by atoms with Crippen LogP contribution in [-0.4, -0.2) is 23.8 Å². The molecule has 0 bridgehead atoms. The molecule has 0 unspecified atom stereocenters. The van der Waals surface area contributed by atoms with Gasteiger partial charge in [0.05, 0.1) is 24.1 Å². The van der Waals surface area contributed by atoms with E-state index in [0.29, 0.717) is 17.9 Å². The standard InChI is InChI=1S/C24H24N2O3/c1-2-3-4-16-28-22-13-9-20(10-14-22)24(27)29-23-11-7-19(8-12-23)17-26-21-6-5-15-25-18-21/h5-15,17-18H,2-4,16H2,1H3. The maximum Gasteiger partial charge on any atom is 0.343 e. The first-order chi connectivity index (χ1) is 14.2. The number of carbonyl (C=O) groups is 1. The molecule has 3 aromatic rings. The number of ether oxygens (including phenoxy) is 2. The summed E-state index contributed by atoms with van der Waals surface area (Å²) in [7, 11) is 0. The van der Waals surface area contributed by atoms with E-state index < -0.39 is 5.97 Å². The van der Waals surface area contributed by atoms with Gasteiger partial charge in [-0.15, -0.1) is 0 Å². The van der Waals surface area contributed by atoms with Crippen molar-refractivity contribution in [1.29, 1.82) is 0 Å². The number of benzene rings is 2. The quantitative estimate of drug-likeness (QED) is 0.207. The number of aliphatic imine (C=N–C) groups is 1. The molecule has 1 heterocycles. The first-order valence-corrected chi connectivity index (χ1v) is 9.74. The average Bonchev–Trinajstić information content (AvgIpc) is 2.77. The minimum Gasteiger partial charge on any atom is -0.494 e. The number of hydrogen-bond acceptors (Lipinski definition) is 5. The SMILES string of the molecule is CCCCCOc1ccc(C(=O)Oc2ccc(C=Nc3cccnc3)cc2)cc1. The summed E-state index contributed by atoms with van der Waals surface area (Å²) in [6.45, 7) is 2.85. The van der Waals surface area contributed by atoms with Gasteiger partial charge < -0.3 is 9.47 Å². The minimum atomic E-state index is -0.403. The lowest BCUT2D eigenvalue weighted by Crippen LogP contribution is -2.08. The number of hydrogen-bond donors (Lipinski definition) is 0. The van der Waals surface area contributed by atoms with Crippen LogP contribution in [0.4, 0.5) is 5.69 Å². The summed E-state index contributed by atoms with van der Waals surface area (Å²) in [5.74, 6) is 0.836. The fourth-order valence-corrected chi connectivity index (χ4v) is 2.60. The highest BCUT2D eigenvalue weighted by atomic mass is 16.5. The van der Waals surface area contributed by atoms with Crippen molar-refractivity contribution in [2.45, 2.75) is 26.2 Å². The van der Waals surface area contributed by atoms with Gasteiger partial charge in [-0.25, -0.2) is 4.79 Å². The Morgan fingerprint density at radius 3 is 2.45 bits per heavy atom. The second kappa shape index (κ2) is 10.8. The maximum atomic E-state index is 12.3. The van der Waals surface area contributed by atoms with Crippen molar-refractivity contribution in [2.24, 2.45) is 4.99 Å². The fourth-order valence-electron chi connectivity index (χ4n) is 2.60. The van der Waals surface area contributed by atoms with E-state index in [1.165, 1.54) is 0 Å². The minimum absolute atomic E-state index is 0.403. The summed E-state index contributed by atoms with van der Waals surface area (Å²) in [5.41, 5.74) is 2.16. The van der Waals surface area contributed by atoms with Gasteiger partial charge in [-0.05, 0) is 72.6 Å². The van der Waals surface area contributed by atoms with Crippen molar-refractivity contribution in [2.75, 3.05) is 6.61 Å². The second-order valence-electron chi connectivity index (χ2n) is 6.51. The molecule has 5 heteroatoms. The number of nitrogens with zero attached hydrogens (tertiary/aromatic N) is 2. The van der Waals surface area contributed by atoms with Crippen molar-refractivity contribution >= 4 is 17.9 Å². The van der Waals surface area contributed by atoms with Crippen molar-refractivity contribution in [3.63, 3.8) is 0 Å². The normalized spacial score (nSPS) is 10.8. The number of unbranched alkanes of at least 4 members (excludes halogenated alkanes) is 2. The predicted molar refractivity (Wildman–Crippen MR) is 114 cm³/mol. The van der Waals surface area contributed by atoms with E-state index in [4.69, 9.17) is 9.47 Å². The Morgan fingerprint density at radius 1 is 1.00 bits per heavy atom. The molecule has 0 aliphatic rings. The Labute approximate surface area is 171 Å². The molecule has 0 aliphatic heterocycles. The van der Waals surface area contributed by atoms with Gasteiger partial charge in [0.25, 0.3) is 0 Å². The molecule has 0 radical (unpaired) electrons. The fraction of sp³-hybridized carbons (Fsp3) is 0.208. The van der Waals surface area contributed by atoms with E-state index in [1.54, 1.807) is 55.0 Å². The van der Waals surface area contributed by atoms with Gasteiger partial charge in [0.2, 0.25) is 0 Å². The summed E-state index contributed by atoms with van der Waals surface area (Å²) >= 11 is 0. The van der Waals surface area contributed by atoms with Crippen molar-refractivity contribution in [3.05, 3.63) is 84.2 Å². The van der Waals surface area contributed by atoms with Gasteiger partial charge in [0.1, 0.15) is 11.5 Å². The molecule has 0 saturated carbocycles. The first kappa shape index (κ1) is 20.3. The third-order valence-electron chi connectivity index (χ3n) is 4.21. The van der Waals surface area contributed by atoms with Crippen LogP contribution in [0.1, 0.15) is 42.1 Å². The Bertz CT molecular complexity index is 921. The Balaban J connectivity index is 1.53. The van der Waals surface area contributed by atoms with E-state index in [0.717, 1.165) is 36.3 Å². The molecule has 5 nitrogen and oxygen atoms in total. The average molecular weight is 388 g/mol. The molecule has 0 fully saturated rings. The molecular weight excluding hydrogens is 364 g/mol. The molecular formula is C24H24N2O3. The van der Waals surface area contributed by atoms with E-state index >= 15 is 0 Å². The Kier molecular flexibility index (Phi) is 7.52. The lowest BCUT2D eigenvalue weighted by atomic mass is 10.2. The molecule has 0 atom stereocenters. The van der Waals surface area contributed by atoms with Gasteiger partial charge >= 0.3 is 5.97 Å². The van der Waals surface area contributed by atoms with Crippen molar-refractivity contribution < 1.29 is 14.3 Å². The van der Waals surface area contributed by atoms with Crippen LogP contribution in [0.5, 0.6) is 11.5 Å². The molecule has 0 N–H and O–H groups in total. The van der Waals surface area contributed by atoms with E-state index in [9.17, 15) is 4.79 Å². The molecule has 0 amide bonds. The van der Waals surface area contributed by atoms with Gasteiger partial charge in [-0.3, -0.25) is 9.98 Å². The molecule has 148 valence electrons. The van der Waals surface area contributed by atoms with Crippen LogP contribution in [0, 0.1) is 0 Å². The summed E-state index contributed by atoms with van der Waals surface area (Å²) < 4.78 is 11.1. The highest BCUT2D eigenvalue weighted by Crippen LogP contribution is 2.17. The van der Waals surface area contributed by atoms with E-state index in [-0.39, 0.29) is 0 Å². The molecule has 0 aliphatic carbocycles. The predicted octanol–water partition coefficient (Wildman–Crippen LogP) is 5.62. The highest BCUT2D eigenvalue weighted by Gasteiger charge is 2.09. The number of carbonyl (C=O) groups excluding carboxylic acids is 1. The smallest absolute Gasteiger partial charge is 0.343 e. The number of pyridine rings is 1. The molecule has 3 rings (SSSR count). The van der Waals surface area contributed by atoms with Crippen LogP contribution in [0.3, 0.4) is 0 Å². The van der Waals surface area contributed by atoms with Gasteiger partial charge in [-0.1, -0.05) is 19.8 Å². The zero-order valence-electron chi connectivity index (χ0n) is 16.5. The Morgan fingerprint density at radius 2 is 1.76 bits per heavy atom. The molecule has 1 aromatic heterocycles. The van der Waals surface area contributed by atoms with Crippen LogP contribution < -0.4 is 9.47 Å². The van der Waals surface area contributed by atoms with Crippen molar-refractivity contribution in [1.82, 2.24) is 4.98 Å². The van der Waals surface area contributed by atoms with Gasteiger partial charge in [-0.2, -0.15) is 0 Å². The number of esters is 1. The van der Waals surface area contributed by atoms with Gasteiger partial charge in [0.15, 0.2) is 0 Å². The van der Waals surface area contributed by atoms with Gasteiger partial charge in [0, 0.05) is 12.4 Å². The second-order valence-corrected chi connectivity index (χ2v) is 6.51.